The molecule has 198 valence electrons. The molecule has 1 fully saturated rings. The van der Waals surface area contributed by atoms with Gasteiger partial charge in [-0.15, -0.1) is 0 Å². The maximum absolute atomic E-state index is 13.9. The monoisotopic (exact) mass is 507 g/mol. The maximum Gasteiger partial charge on any atom is 0.421 e. The number of aromatic nitrogens is 2. The second-order valence-corrected chi connectivity index (χ2v) is 9.38. The fraction of sp³-hybridized carbons (Fsp3) is 0.560. The van der Waals surface area contributed by atoms with Crippen molar-refractivity contribution in [1.82, 2.24) is 15.3 Å². The molecule has 2 aromatic rings. The Morgan fingerprint density at radius 2 is 1.97 bits per heavy atom. The van der Waals surface area contributed by atoms with Gasteiger partial charge in [-0.25, -0.2) is 4.98 Å². The highest BCUT2D eigenvalue weighted by Crippen LogP contribution is 2.38. The number of hydrogen-bond acceptors (Lipinski definition) is 7. The van der Waals surface area contributed by atoms with Gasteiger partial charge in [-0.3, -0.25) is 5.41 Å². The molecule has 1 aromatic heterocycles. The molecule has 3 rings (SSSR count). The van der Waals surface area contributed by atoms with E-state index in [2.05, 4.69) is 22.2 Å². The van der Waals surface area contributed by atoms with Crippen LogP contribution in [0.5, 0.6) is 5.75 Å². The third-order valence-electron chi connectivity index (χ3n) is 6.73. The smallest absolute Gasteiger partial charge is 0.421 e. The van der Waals surface area contributed by atoms with Crippen LogP contribution in [-0.4, -0.2) is 63.2 Å². The maximum atomic E-state index is 13.9. The molecular formula is C25H36F3N7O. The Hall–Kier alpha value is -3.08. The van der Waals surface area contributed by atoms with Gasteiger partial charge in [0.25, 0.3) is 0 Å². The van der Waals surface area contributed by atoms with Crippen molar-refractivity contribution in [1.29, 1.82) is 5.41 Å². The van der Waals surface area contributed by atoms with E-state index < -0.39 is 11.7 Å². The van der Waals surface area contributed by atoms with Crippen molar-refractivity contribution in [2.75, 3.05) is 56.0 Å². The lowest BCUT2D eigenvalue weighted by molar-refractivity contribution is -0.137. The molecule has 1 aliphatic heterocycles. The van der Waals surface area contributed by atoms with Crippen molar-refractivity contribution in [3.63, 3.8) is 0 Å². The molecule has 1 aromatic carbocycles. The molecule has 36 heavy (non-hydrogen) atoms. The highest BCUT2D eigenvalue weighted by molar-refractivity contribution is 5.95. The van der Waals surface area contributed by atoms with E-state index in [1.807, 2.05) is 0 Å². The zero-order chi connectivity index (χ0) is 26.6. The van der Waals surface area contributed by atoms with E-state index in [4.69, 9.17) is 10.1 Å². The molecular weight excluding hydrogens is 471 g/mol. The highest BCUT2D eigenvalue weighted by Gasteiger charge is 2.37. The Morgan fingerprint density at radius 3 is 2.56 bits per heavy atom. The van der Waals surface area contributed by atoms with Crippen LogP contribution in [-0.2, 0) is 6.18 Å². The molecule has 0 amide bonds. The normalized spacial score (nSPS) is 16.9. The van der Waals surface area contributed by atoms with Crippen LogP contribution < -0.4 is 24.8 Å². The van der Waals surface area contributed by atoms with Crippen molar-refractivity contribution in [2.45, 2.75) is 45.3 Å². The number of amidine groups is 1. The minimum Gasteiger partial charge on any atom is -0.495 e. The molecule has 2 heterocycles. The zero-order valence-electron chi connectivity index (χ0n) is 21.8. The van der Waals surface area contributed by atoms with Crippen molar-refractivity contribution >= 4 is 29.0 Å². The summed E-state index contributed by atoms with van der Waals surface area (Å²) in [5.41, 5.74) is 0.431. The standard InChI is InChI=1S/C25H36F3N7O/c1-16(20-9-7-8-12-30-20)15-33(3)23-19(25(26,27)28)14-31-24(32-23)35(5)18-10-11-22(36-6)21(13-18)34(4)17(2)29/h10-11,13-14,16,20,29-30H,7-9,12,15H2,1-6H3/t16-,20+/m0/s1. The van der Waals surface area contributed by atoms with Crippen LogP contribution in [0.25, 0.3) is 0 Å². The summed E-state index contributed by atoms with van der Waals surface area (Å²) in [7, 11) is 6.63. The minimum atomic E-state index is -4.58. The number of halogens is 3. The zero-order valence-corrected chi connectivity index (χ0v) is 21.8. The largest absolute Gasteiger partial charge is 0.495 e. The molecule has 2 atom stereocenters. The summed E-state index contributed by atoms with van der Waals surface area (Å²) in [4.78, 5) is 13.3. The molecule has 0 saturated carbocycles. The topological polar surface area (TPSA) is 80.6 Å². The van der Waals surface area contributed by atoms with Crippen molar-refractivity contribution in [2.24, 2.45) is 5.92 Å². The lowest BCUT2D eigenvalue weighted by Crippen LogP contribution is -2.43. The Labute approximate surface area is 211 Å². The van der Waals surface area contributed by atoms with Crippen LogP contribution in [0, 0.1) is 11.3 Å². The number of nitrogens with zero attached hydrogens (tertiary/aromatic N) is 5. The van der Waals surface area contributed by atoms with E-state index in [9.17, 15) is 13.2 Å². The van der Waals surface area contributed by atoms with Crippen LogP contribution >= 0.6 is 0 Å². The minimum absolute atomic E-state index is 0.138. The quantitative estimate of drug-likeness (QED) is 0.388. The van der Waals surface area contributed by atoms with Crippen LogP contribution in [0.1, 0.15) is 38.7 Å². The van der Waals surface area contributed by atoms with E-state index in [1.165, 1.54) is 0 Å². The average molecular weight is 508 g/mol. The Kier molecular flexibility index (Phi) is 8.65. The van der Waals surface area contributed by atoms with Crippen molar-refractivity contribution in [3.8, 4) is 5.75 Å². The van der Waals surface area contributed by atoms with Crippen molar-refractivity contribution < 1.29 is 17.9 Å². The molecule has 0 aliphatic carbocycles. The predicted molar refractivity (Wildman–Crippen MR) is 138 cm³/mol. The number of anilines is 4. The molecule has 8 nitrogen and oxygen atoms in total. The average Bonchev–Trinajstić information content (AvgIpc) is 2.86. The number of hydrogen-bond donors (Lipinski definition) is 2. The summed E-state index contributed by atoms with van der Waals surface area (Å²) >= 11 is 0. The van der Waals surface area contributed by atoms with Gasteiger partial charge in [-0.2, -0.15) is 18.2 Å². The van der Waals surface area contributed by atoms with Gasteiger partial charge in [0.2, 0.25) is 5.95 Å². The number of methoxy groups -OCH3 is 1. The second kappa shape index (κ2) is 11.3. The number of nitrogens with one attached hydrogen (secondary N) is 2. The fourth-order valence-corrected chi connectivity index (χ4v) is 4.47. The van der Waals surface area contributed by atoms with Crippen molar-refractivity contribution in [3.05, 3.63) is 30.0 Å². The summed E-state index contributed by atoms with van der Waals surface area (Å²) in [5.74, 6) is 1.02. The first kappa shape index (κ1) is 27.5. The van der Waals surface area contributed by atoms with Gasteiger partial charge in [-0.05, 0) is 50.4 Å². The lowest BCUT2D eigenvalue weighted by atomic mass is 9.93. The molecule has 0 radical (unpaired) electrons. The van der Waals surface area contributed by atoms with E-state index in [-0.39, 0.29) is 23.7 Å². The van der Waals surface area contributed by atoms with Gasteiger partial charge < -0.3 is 24.8 Å². The Morgan fingerprint density at radius 1 is 1.25 bits per heavy atom. The van der Waals surface area contributed by atoms with Gasteiger partial charge in [-0.1, -0.05) is 13.3 Å². The molecule has 2 N–H and O–H groups in total. The van der Waals surface area contributed by atoms with Gasteiger partial charge in [0.05, 0.1) is 18.6 Å². The highest BCUT2D eigenvalue weighted by atomic mass is 19.4. The summed E-state index contributed by atoms with van der Waals surface area (Å²) in [6, 6.07) is 5.58. The first-order chi connectivity index (χ1) is 16.9. The van der Waals surface area contributed by atoms with Crippen LogP contribution in [0.3, 0.4) is 0 Å². The Bertz CT molecular complexity index is 1060. The number of ether oxygens (including phenoxy) is 1. The molecule has 11 heteroatoms. The second-order valence-electron chi connectivity index (χ2n) is 9.38. The number of alkyl halides is 3. The van der Waals surface area contributed by atoms with E-state index in [0.29, 0.717) is 29.5 Å². The third-order valence-corrected chi connectivity index (χ3v) is 6.73. The summed E-state index contributed by atoms with van der Waals surface area (Å²) in [6.07, 6.45) is -0.459. The van der Waals surface area contributed by atoms with Crippen LogP contribution in [0.2, 0.25) is 0 Å². The summed E-state index contributed by atoms with van der Waals surface area (Å²) in [5, 5.41) is 11.4. The van der Waals surface area contributed by atoms with Crippen LogP contribution in [0.15, 0.2) is 24.4 Å². The van der Waals surface area contributed by atoms with Gasteiger partial charge in [0, 0.05) is 45.6 Å². The first-order valence-corrected chi connectivity index (χ1v) is 12.0. The number of benzene rings is 1. The molecule has 0 bridgehead atoms. The molecule has 0 unspecified atom stereocenters. The first-order valence-electron chi connectivity index (χ1n) is 12.0. The molecule has 1 saturated heterocycles. The summed E-state index contributed by atoms with van der Waals surface area (Å²) in [6.45, 7) is 5.07. The lowest BCUT2D eigenvalue weighted by Gasteiger charge is -2.33. The van der Waals surface area contributed by atoms with Gasteiger partial charge in [0.1, 0.15) is 17.1 Å². The van der Waals surface area contributed by atoms with Gasteiger partial charge >= 0.3 is 6.18 Å². The van der Waals surface area contributed by atoms with Crippen LogP contribution in [0.4, 0.5) is 36.3 Å². The summed E-state index contributed by atoms with van der Waals surface area (Å²) < 4.78 is 47.1. The van der Waals surface area contributed by atoms with E-state index >= 15 is 0 Å². The Balaban J connectivity index is 1.95. The van der Waals surface area contributed by atoms with Gasteiger partial charge in [0.15, 0.2) is 0 Å². The third kappa shape index (κ3) is 6.18. The van der Waals surface area contributed by atoms with E-state index in [1.54, 1.807) is 68.1 Å². The number of piperidine rings is 1. The molecule has 0 spiro atoms. The predicted octanol–water partition coefficient (Wildman–Crippen LogP) is 4.92. The van der Waals surface area contributed by atoms with E-state index in [0.717, 1.165) is 32.0 Å². The molecule has 1 aliphatic rings. The fourth-order valence-electron chi connectivity index (χ4n) is 4.47. The number of rotatable bonds is 8. The SMILES string of the molecule is COc1ccc(N(C)c2ncc(C(F)(F)F)c(N(C)C[C@H](C)[C@H]3CCCCN3)n2)cc1N(C)C(C)=N.